The van der Waals surface area contributed by atoms with Crippen LogP contribution in [0.5, 0.6) is 0 Å². The van der Waals surface area contributed by atoms with Crippen molar-refractivity contribution in [3.8, 4) is 44.8 Å². The van der Waals surface area contributed by atoms with Gasteiger partial charge in [0.1, 0.15) is 5.58 Å². The van der Waals surface area contributed by atoms with E-state index in [1.165, 1.54) is 90.8 Å². The molecule has 2 saturated carbocycles. The van der Waals surface area contributed by atoms with Crippen LogP contribution < -0.4 is 5.19 Å². The molecule has 0 amide bonds. The standard InChI is InChI=1S/C36H30NO.C19H24NSi.Ir/c1-3-7-25(8-4-1)21-26-19-20-37-34(22-26)31-16-18-35-33(23-31)32-17-15-30(24-36(32)38-35)29-13-11-28(12-14-29)27-9-5-2-6-10-27;1-21(2,3)18-11-12-19(20-14-18)17-10-6-9-16(13-17)15-7-4-5-8-15;/h2,5-6,9-15,17-20,22-25H,1,3-4,7-8,21H2;6,9,11-15H,4-5,7-8H2,1-3H3;/q2*-1;. The number of benzene rings is 5. The average Bonchev–Trinajstić information content (AvgIpc) is 3.96. The van der Waals surface area contributed by atoms with Gasteiger partial charge in [-0.1, -0.05) is 160 Å². The summed E-state index contributed by atoms with van der Waals surface area (Å²) in [6, 6.07) is 52.1. The molecular weight excluding hydrogens is 925 g/mol. The third kappa shape index (κ3) is 9.65. The summed E-state index contributed by atoms with van der Waals surface area (Å²) in [4.78, 5) is 9.38. The number of aromatic nitrogens is 2. The fourth-order valence-corrected chi connectivity index (χ4v) is 10.2. The first-order chi connectivity index (χ1) is 28.8. The maximum Gasteiger partial charge on any atom is 0.121 e. The van der Waals surface area contributed by atoms with Crippen LogP contribution in [-0.2, 0) is 26.5 Å². The molecule has 0 N–H and O–H groups in total. The summed E-state index contributed by atoms with van der Waals surface area (Å²) in [5, 5.41) is 3.65. The van der Waals surface area contributed by atoms with Crippen LogP contribution in [0.25, 0.3) is 66.7 Å². The van der Waals surface area contributed by atoms with Gasteiger partial charge >= 0.3 is 0 Å². The van der Waals surface area contributed by atoms with Crippen molar-refractivity contribution in [2.24, 2.45) is 5.92 Å². The van der Waals surface area contributed by atoms with Crippen LogP contribution in [0.1, 0.15) is 74.8 Å². The van der Waals surface area contributed by atoms with Gasteiger partial charge in [-0.05, 0) is 82.1 Å². The molecule has 1 radical (unpaired) electrons. The molecule has 5 heteroatoms. The maximum atomic E-state index is 6.27. The van der Waals surface area contributed by atoms with Crippen LogP contribution in [0.2, 0.25) is 19.6 Å². The first-order valence-corrected chi connectivity index (χ1v) is 25.3. The summed E-state index contributed by atoms with van der Waals surface area (Å²) >= 11 is 0. The van der Waals surface area contributed by atoms with Crippen molar-refractivity contribution in [3.63, 3.8) is 0 Å². The smallest absolute Gasteiger partial charge is 0.121 e. The van der Waals surface area contributed by atoms with E-state index in [2.05, 4.69) is 158 Å². The molecule has 10 rings (SSSR count). The van der Waals surface area contributed by atoms with Crippen molar-refractivity contribution in [3.05, 3.63) is 163 Å². The predicted molar refractivity (Wildman–Crippen MR) is 250 cm³/mol. The fourth-order valence-electron chi connectivity index (χ4n) is 9.15. The van der Waals surface area contributed by atoms with Gasteiger partial charge in [0.05, 0.1) is 13.7 Å². The van der Waals surface area contributed by atoms with E-state index < -0.39 is 8.07 Å². The molecule has 0 spiro atoms. The van der Waals surface area contributed by atoms with E-state index in [4.69, 9.17) is 9.40 Å². The minimum absolute atomic E-state index is 0. The van der Waals surface area contributed by atoms with Crippen molar-refractivity contribution >= 4 is 35.2 Å². The van der Waals surface area contributed by atoms with Crippen molar-refractivity contribution in [2.45, 2.75) is 89.8 Å². The van der Waals surface area contributed by atoms with Crippen LogP contribution in [0.3, 0.4) is 0 Å². The van der Waals surface area contributed by atoms with Gasteiger partial charge in [-0.3, -0.25) is 0 Å². The molecule has 0 unspecified atom stereocenters. The maximum absolute atomic E-state index is 6.27. The van der Waals surface area contributed by atoms with Crippen molar-refractivity contribution in [1.29, 1.82) is 0 Å². The Morgan fingerprint density at radius 3 is 2.03 bits per heavy atom. The van der Waals surface area contributed by atoms with Crippen molar-refractivity contribution < 1.29 is 24.5 Å². The third-order valence-electron chi connectivity index (χ3n) is 12.6. The molecule has 3 aromatic heterocycles. The zero-order valence-electron chi connectivity index (χ0n) is 35.1. The van der Waals surface area contributed by atoms with Gasteiger partial charge < -0.3 is 14.4 Å². The van der Waals surface area contributed by atoms with E-state index in [0.29, 0.717) is 0 Å². The van der Waals surface area contributed by atoms with Gasteiger partial charge in [-0.15, -0.1) is 59.2 Å². The summed E-state index contributed by atoms with van der Waals surface area (Å²) in [5.41, 5.74) is 13.6. The summed E-state index contributed by atoms with van der Waals surface area (Å²) in [6.07, 6.45) is 17.5. The van der Waals surface area contributed by atoms with Gasteiger partial charge in [-0.2, -0.15) is 0 Å². The molecule has 8 aromatic rings. The Morgan fingerprint density at radius 2 is 1.30 bits per heavy atom. The number of hydrogen-bond acceptors (Lipinski definition) is 3. The van der Waals surface area contributed by atoms with Gasteiger partial charge in [0, 0.05) is 37.9 Å². The van der Waals surface area contributed by atoms with Crippen LogP contribution in [0.15, 0.2) is 144 Å². The van der Waals surface area contributed by atoms with E-state index in [1.807, 2.05) is 18.3 Å². The van der Waals surface area contributed by atoms with Crippen molar-refractivity contribution in [1.82, 2.24) is 9.97 Å². The van der Waals surface area contributed by atoms with Gasteiger partial charge in [-0.25, -0.2) is 0 Å². The molecule has 2 aliphatic carbocycles. The van der Waals surface area contributed by atoms with Crippen molar-refractivity contribution in [2.75, 3.05) is 0 Å². The number of pyridine rings is 2. The fraction of sp³-hybridized carbons (Fsp3) is 0.273. The monoisotopic (exact) mass is 979 g/mol. The van der Waals surface area contributed by atoms with Gasteiger partial charge in [0.15, 0.2) is 0 Å². The molecule has 0 aliphatic heterocycles. The summed E-state index contributed by atoms with van der Waals surface area (Å²) < 4.78 is 6.27. The van der Waals surface area contributed by atoms with E-state index in [-0.39, 0.29) is 20.1 Å². The molecular formula is C55H54IrN2OSi-2. The third-order valence-corrected chi connectivity index (χ3v) is 14.7. The molecule has 0 atom stereocenters. The Hall–Kier alpha value is -4.93. The topological polar surface area (TPSA) is 38.9 Å². The van der Waals surface area contributed by atoms with Crippen LogP contribution in [-0.4, -0.2) is 18.0 Å². The SMILES string of the molecule is C[Si](C)(C)c1ccc(-c2[c-]ccc(C3CCCC3)c2)nc1.[Ir].[c-]1cc2oc3cc(-c4ccc(-c5ccccc5)cc4)ccc3c2cc1-c1cc(CC2CCCCC2)ccn1. The second kappa shape index (κ2) is 18.8. The molecule has 3 heterocycles. The summed E-state index contributed by atoms with van der Waals surface area (Å²) in [5.74, 6) is 1.56. The predicted octanol–water partition coefficient (Wildman–Crippen LogP) is 14.7. The van der Waals surface area contributed by atoms with Crippen LogP contribution in [0.4, 0.5) is 0 Å². The molecule has 2 aliphatic rings. The summed E-state index contributed by atoms with van der Waals surface area (Å²) in [6.45, 7) is 7.07. The molecule has 0 saturated heterocycles. The molecule has 2 fully saturated rings. The second-order valence-corrected chi connectivity index (χ2v) is 22.9. The number of furan rings is 1. The Kier molecular flexibility index (Phi) is 13.1. The van der Waals surface area contributed by atoms with E-state index in [0.717, 1.165) is 68.3 Å². The van der Waals surface area contributed by atoms with Crippen LogP contribution in [0, 0.1) is 18.1 Å². The second-order valence-electron chi connectivity index (χ2n) is 17.8. The molecule has 60 heavy (non-hydrogen) atoms. The Balaban J connectivity index is 0.000000193. The van der Waals surface area contributed by atoms with E-state index >= 15 is 0 Å². The molecule has 305 valence electrons. The van der Waals surface area contributed by atoms with Gasteiger partial charge in [0.25, 0.3) is 0 Å². The number of nitrogens with zero attached hydrogens (tertiary/aromatic N) is 2. The zero-order valence-corrected chi connectivity index (χ0v) is 38.5. The quantitative estimate of drug-likeness (QED) is 0.112. The van der Waals surface area contributed by atoms with E-state index in [1.54, 1.807) is 0 Å². The van der Waals surface area contributed by atoms with Gasteiger partial charge in [0.2, 0.25) is 0 Å². The summed E-state index contributed by atoms with van der Waals surface area (Å²) in [7, 11) is -1.26. The Labute approximate surface area is 371 Å². The number of fused-ring (bicyclic) bond motifs is 3. The first-order valence-electron chi connectivity index (χ1n) is 21.8. The minimum Gasteiger partial charge on any atom is -0.500 e. The molecule has 3 nitrogen and oxygen atoms in total. The molecule has 0 bridgehead atoms. The molecule has 5 aromatic carbocycles. The Morgan fingerprint density at radius 1 is 0.600 bits per heavy atom. The van der Waals surface area contributed by atoms with E-state index in [9.17, 15) is 0 Å². The largest absolute Gasteiger partial charge is 0.500 e. The minimum atomic E-state index is -1.26. The number of rotatable bonds is 8. The zero-order chi connectivity index (χ0) is 40.2. The average molecular weight is 979 g/mol. The normalized spacial score (nSPS) is 14.8. The first kappa shape index (κ1) is 41.8. The number of hydrogen-bond donors (Lipinski definition) is 0. The Bertz CT molecular complexity index is 2650. The van der Waals surface area contributed by atoms with Crippen LogP contribution >= 0.6 is 0 Å².